The summed E-state index contributed by atoms with van der Waals surface area (Å²) >= 11 is 0. The Kier molecular flexibility index (Phi) is 22.4. The Labute approximate surface area is 455 Å². The van der Waals surface area contributed by atoms with Crippen LogP contribution in [0.5, 0.6) is 0 Å². The second-order valence-electron chi connectivity index (χ2n) is 18.0. The largest absolute Gasteiger partial charge is 0.266 e. The van der Waals surface area contributed by atoms with E-state index in [1.165, 1.54) is 0 Å². The van der Waals surface area contributed by atoms with Crippen LogP contribution in [-0.4, -0.2) is 11.5 Å². The van der Waals surface area contributed by atoms with E-state index in [1.54, 1.807) is 12.2 Å². The van der Waals surface area contributed by atoms with Gasteiger partial charge in [0.1, 0.15) is 5.84 Å². The lowest BCUT2D eigenvalue weighted by atomic mass is 9.77. The highest BCUT2D eigenvalue weighted by molar-refractivity contribution is 6.22. The van der Waals surface area contributed by atoms with Crippen LogP contribution in [0.3, 0.4) is 0 Å². The number of nitrogens with zero attached hydrogens (tertiary/aromatic N) is 2. The molecule has 2 heteroatoms. The molecule has 0 unspecified atom stereocenters. The first-order valence-corrected chi connectivity index (χ1v) is 26.2. The Hall–Kier alpha value is -8.98. The van der Waals surface area contributed by atoms with Gasteiger partial charge in [0.15, 0.2) is 0 Å². The van der Waals surface area contributed by atoms with Gasteiger partial charge in [-0.1, -0.05) is 269 Å². The highest BCUT2D eigenvalue weighted by Gasteiger charge is 2.25. The summed E-state index contributed by atoms with van der Waals surface area (Å²) in [7, 11) is 0. The molecule has 76 heavy (non-hydrogen) atoms. The molecule has 0 saturated carbocycles. The Morgan fingerprint density at radius 3 is 1.59 bits per heavy atom. The number of rotatable bonds is 19. The van der Waals surface area contributed by atoms with Crippen molar-refractivity contribution < 1.29 is 0 Å². The molecule has 0 radical (unpaired) electrons. The fourth-order valence-corrected chi connectivity index (χ4v) is 8.96. The van der Waals surface area contributed by atoms with Gasteiger partial charge in [-0.2, -0.15) is 0 Å². The van der Waals surface area contributed by atoms with Gasteiger partial charge < -0.3 is 0 Å². The SMILES string of the molecule is C=C/C=C(\C=C/CC)C(/C(=C(\C(=C\c1ccccc1)c1ccccc1)c1ccccc1)c1cccc(-c2cccc(-c3cccc(CN=C(C)N=C(C)c4ccccc4)c3)c2)c1)=C(C)\C(\C=C/C)=C\C.C=C/C=C\C=C. The van der Waals surface area contributed by atoms with Crippen molar-refractivity contribution in [2.45, 2.75) is 54.5 Å². The standard InChI is InChI=1S/C68H64N2.C6H8/c1-8-12-33-58(29-10-3)66(50(5)55(11-4)28-9-2)68(67(59-38-23-16-24-39-59)65(57-36-21-15-22-37-57)46-53-30-17-13-18-31-53)64-44-27-43-63(48-64)62-42-26-41-61(47-62)60-40-25-32-54(45-60)49-69-52(7)70-51(6)56-34-19-14-20-35-56;1-3-5-6-4-2/h9-48H,3,8,49H2,1-2,4-7H3;3-6H,1-2H2/b28-9-,33-12-,55-11+,58-29+,65-46+,66-50+,68-67-,69-52?,70-51?;6-5-. The predicted molar refractivity (Wildman–Crippen MR) is 335 cm³/mol. The zero-order valence-electron chi connectivity index (χ0n) is 45.3. The number of aliphatic imine (C=N–C) groups is 2. The molecule has 0 aliphatic carbocycles. The van der Waals surface area contributed by atoms with Crippen LogP contribution in [0, 0.1) is 0 Å². The molecule has 2 nitrogen and oxygen atoms in total. The molecular weight excluding hydrogens is 917 g/mol. The van der Waals surface area contributed by atoms with Gasteiger partial charge in [0.2, 0.25) is 0 Å². The van der Waals surface area contributed by atoms with E-state index in [0.717, 1.165) is 113 Å². The van der Waals surface area contributed by atoms with E-state index >= 15 is 0 Å². The number of hydrogen-bond acceptors (Lipinski definition) is 1. The first-order chi connectivity index (χ1) is 37.2. The van der Waals surface area contributed by atoms with Gasteiger partial charge in [-0.3, -0.25) is 4.99 Å². The fourth-order valence-electron chi connectivity index (χ4n) is 8.96. The van der Waals surface area contributed by atoms with Crippen molar-refractivity contribution in [3.8, 4) is 22.3 Å². The zero-order valence-corrected chi connectivity index (χ0v) is 45.3. The normalized spacial score (nSPS) is 13.3. The average molecular weight is 989 g/mol. The minimum atomic E-state index is 0.545. The van der Waals surface area contributed by atoms with E-state index in [9.17, 15) is 0 Å². The van der Waals surface area contributed by atoms with Crippen LogP contribution >= 0.6 is 0 Å². The van der Waals surface area contributed by atoms with Crippen molar-refractivity contribution in [1.82, 2.24) is 0 Å². The van der Waals surface area contributed by atoms with Crippen molar-refractivity contribution >= 4 is 34.3 Å². The fraction of sp³-hybridized carbons (Fsp3) is 0.108. The summed E-state index contributed by atoms with van der Waals surface area (Å²) in [6.07, 6.45) is 25.5. The Balaban J connectivity index is 0.00000147. The lowest BCUT2D eigenvalue weighted by Gasteiger charge is -2.26. The molecule has 0 bridgehead atoms. The van der Waals surface area contributed by atoms with E-state index in [0.29, 0.717) is 6.54 Å². The van der Waals surface area contributed by atoms with Crippen molar-refractivity contribution in [1.29, 1.82) is 0 Å². The predicted octanol–water partition coefficient (Wildman–Crippen LogP) is 20.4. The smallest absolute Gasteiger partial charge is 0.120 e. The van der Waals surface area contributed by atoms with E-state index in [1.807, 2.05) is 50.3 Å². The summed E-state index contributed by atoms with van der Waals surface area (Å²) < 4.78 is 0. The maximum atomic E-state index is 4.87. The van der Waals surface area contributed by atoms with Crippen molar-refractivity contribution in [3.05, 3.63) is 336 Å². The van der Waals surface area contributed by atoms with Crippen LogP contribution in [0.15, 0.2) is 313 Å². The number of hydrogen-bond donors (Lipinski definition) is 0. The minimum absolute atomic E-state index is 0.545. The van der Waals surface area contributed by atoms with Gasteiger partial charge in [-0.25, -0.2) is 4.99 Å². The second kappa shape index (κ2) is 30.3. The molecule has 0 aliphatic rings. The maximum Gasteiger partial charge on any atom is 0.120 e. The van der Waals surface area contributed by atoms with Gasteiger partial charge >= 0.3 is 0 Å². The summed E-state index contributed by atoms with van der Waals surface area (Å²) in [5, 5.41) is 0. The van der Waals surface area contributed by atoms with Crippen LogP contribution in [0.2, 0.25) is 0 Å². The molecule has 0 aromatic heterocycles. The zero-order chi connectivity index (χ0) is 53.9. The summed E-state index contributed by atoms with van der Waals surface area (Å²) in [4.78, 5) is 9.66. The van der Waals surface area contributed by atoms with Crippen LogP contribution in [-0.2, 0) is 6.54 Å². The molecule has 0 saturated heterocycles. The van der Waals surface area contributed by atoms with Crippen LogP contribution in [0.1, 0.15) is 81.3 Å². The summed E-state index contributed by atoms with van der Waals surface area (Å²) in [6.45, 7) is 24.4. The van der Waals surface area contributed by atoms with Gasteiger partial charge in [0, 0.05) is 5.71 Å². The topological polar surface area (TPSA) is 24.7 Å². The van der Waals surface area contributed by atoms with Gasteiger partial charge in [0.25, 0.3) is 0 Å². The molecule has 0 N–H and O–H groups in total. The summed E-state index contributed by atoms with van der Waals surface area (Å²) in [5.74, 6) is 0.759. The molecule has 378 valence electrons. The van der Waals surface area contributed by atoms with Crippen molar-refractivity contribution in [3.63, 3.8) is 0 Å². The first-order valence-electron chi connectivity index (χ1n) is 26.2. The van der Waals surface area contributed by atoms with Crippen LogP contribution in [0.4, 0.5) is 0 Å². The number of benzene rings is 7. The minimum Gasteiger partial charge on any atom is -0.266 e. The Morgan fingerprint density at radius 2 is 1.03 bits per heavy atom. The van der Waals surface area contributed by atoms with Gasteiger partial charge in [0.05, 0.1) is 6.54 Å². The summed E-state index contributed by atoms with van der Waals surface area (Å²) in [5.41, 5.74) is 20.1. The average Bonchev–Trinajstić information content (AvgIpc) is 3.52. The Bertz CT molecular complexity index is 3350. The quantitative estimate of drug-likeness (QED) is 0.0334. The van der Waals surface area contributed by atoms with Crippen LogP contribution < -0.4 is 0 Å². The van der Waals surface area contributed by atoms with E-state index in [4.69, 9.17) is 9.98 Å². The van der Waals surface area contributed by atoms with Gasteiger partial charge in [-0.05, 0) is 160 Å². The molecule has 0 aliphatic heterocycles. The van der Waals surface area contributed by atoms with Gasteiger partial charge in [-0.15, -0.1) is 0 Å². The summed E-state index contributed by atoms with van der Waals surface area (Å²) in [6, 6.07) is 69.3. The number of amidine groups is 1. The van der Waals surface area contributed by atoms with E-state index < -0.39 is 0 Å². The molecule has 7 aromatic carbocycles. The molecule has 7 aromatic rings. The molecule has 0 heterocycles. The maximum absolute atomic E-state index is 4.87. The second-order valence-corrected chi connectivity index (χ2v) is 18.0. The third-order valence-electron chi connectivity index (χ3n) is 12.6. The third kappa shape index (κ3) is 16.0. The lowest BCUT2D eigenvalue weighted by molar-refractivity contribution is 1.06. The highest BCUT2D eigenvalue weighted by atomic mass is 14.9. The lowest BCUT2D eigenvalue weighted by Crippen LogP contribution is -2.05. The third-order valence-corrected chi connectivity index (χ3v) is 12.6. The molecule has 0 amide bonds. The molecule has 0 spiro atoms. The van der Waals surface area contributed by atoms with Crippen LogP contribution in [0.25, 0.3) is 45.0 Å². The number of allylic oxidation sites excluding steroid dienone is 18. The van der Waals surface area contributed by atoms with Crippen molar-refractivity contribution in [2.75, 3.05) is 0 Å². The Morgan fingerprint density at radius 1 is 0.500 bits per heavy atom. The van der Waals surface area contributed by atoms with E-state index in [-0.39, 0.29) is 0 Å². The first kappa shape index (κ1) is 56.3. The monoisotopic (exact) mass is 989 g/mol. The van der Waals surface area contributed by atoms with Crippen molar-refractivity contribution in [2.24, 2.45) is 9.98 Å². The van der Waals surface area contributed by atoms with E-state index in [2.05, 4.69) is 266 Å². The molecule has 0 atom stereocenters. The molecular formula is C74H72N2. The molecule has 0 fully saturated rings. The molecule has 7 rings (SSSR count). The highest BCUT2D eigenvalue weighted by Crippen LogP contribution is 2.46.